The van der Waals surface area contributed by atoms with E-state index in [2.05, 4.69) is 4.74 Å². The molecule has 2 aliphatic rings. The minimum Gasteiger partial charge on any atom is -0.467 e. The molecule has 2 aliphatic heterocycles. The number of ether oxygens (including phenoxy) is 1. The maximum atomic E-state index is 11.4. The second-order valence-electron chi connectivity index (χ2n) is 4.85. The number of nitriles is 1. The molecule has 6 heteroatoms. The maximum Gasteiger partial charge on any atom is 0.337 e. The molecular weight excluding hydrogens is 236 g/mol. The van der Waals surface area contributed by atoms with E-state index < -0.39 is 12.2 Å². The first-order chi connectivity index (χ1) is 8.65. The minimum atomic E-state index is -0.625. The van der Waals surface area contributed by atoms with Crippen LogP contribution in [0.5, 0.6) is 0 Å². The van der Waals surface area contributed by atoms with Crippen molar-refractivity contribution in [3.63, 3.8) is 0 Å². The Labute approximate surface area is 106 Å². The van der Waals surface area contributed by atoms with Crippen molar-refractivity contribution in [1.29, 1.82) is 5.26 Å². The van der Waals surface area contributed by atoms with E-state index in [0.717, 1.165) is 12.8 Å². The molecule has 6 nitrogen and oxygen atoms in total. The van der Waals surface area contributed by atoms with Gasteiger partial charge in [0.15, 0.2) is 6.10 Å². The summed E-state index contributed by atoms with van der Waals surface area (Å²) in [5.41, 5.74) is 0. The van der Waals surface area contributed by atoms with Crippen LogP contribution in [0.4, 0.5) is 0 Å². The van der Waals surface area contributed by atoms with Gasteiger partial charge in [-0.05, 0) is 19.3 Å². The SMILES string of the molecule is COC(=O)[C@@H]1C[C@@H]2CC[C@H](C[C@H](O)CC#N)N2O1. The molecule has 2 saturated heterocycles. The predicted molar refractivity (Wildman–Crippen MR) is 61.0 cm³/mol. The summed E-state index contributed by atoms with van der Waals surface area (Å²) in [4.78, 5) is 17.0. The summed E-state index contributed by atoms with van der Waals surface area (Å²) in [6, 6.07) is 2.27. The molecule has 2 rings (SSSR count). The fraction of sp³-hybridized carbons (Fsp3) is 0.833. The normalized spacial score (nSPS) is 32.8. The minimum absolute atomic E-state index is 0.0907. The molecule has 100 valence electrons. The lowest BCUT2D eigenvalue weighted by atomic mass is 10.0. The Morgan fingerprint density at radius 3 is 3.11 bits per heavy atom. The van der Waals surface area contributed by atoms with Crippen molar-refractivity contribution in [2.45, 2.75) is 56.4 Å². The van der Waals surface area contributed by atoms with Crippen molar-refractivity contribution < 1.29 is 19.5 Å². The summed E-state index contributed by atoms with van der Waals surface area (Å²) in [6.45, 7) is 0. The van der Waals surface area contributed by atoms with Gasteiger partial charge in [0.05, 0.1) is 25.7 Å². The summed E-state index contributed by atoms with van der Waals surface area (Å²) in [5, 5.41) is 20.0. The third kappa shape index (κ3) is 2.64. The predicted octanol–water partition coefficient (Wildman–Crippen LogP) is 0.361. The fourth-order valence-corrected chi connectivity index (χ4v) is 2.76. The molecule has 2 heterocycles. The highest BCUT2D eigenvalue weighted by Crippen LogP contribution is 2.36. The Balaban J connectivity index is 1.90. The third-order valence-corrected chi connectivity index (χ3v) is 3.62. The van der Waals surface area contributed by atoms with Gasteiger partial charge in [0.2, 0.25) is 0 Å². The van der Waals surface area contributed by atoms with Crippen molar-refractivity contribution in [2.75, 3.05) is 7.11 Å². The van der Waals surface area contributed by atoms with Crippen molar-refractivity contribution in [3.8, 4) is 6.07 Å². The van der Waals surface area contributed by atoms with Crippen LogP contribution >= 0.6 is 0 Å². The first kappa shape index (κ1) is 13.3. The second-order valence-corrected chi connectivity index (χ2v) is 4.85. The lowest BCUT2D eigenvalue weighted by molar-refractivity contribution is -0.195. The third-order valence-electron chi connectivity index (χ3n) is 3.62. The number of esters is 1. The molecule has 0 aromatic carbocycles. The summed E-state index contributed by atoms with van der Waals surface area (Å²) in [5.74, 6) is -0.347. The van der Waals surface area contributed by atoms with Gasteiger partial charge < -0.3 is 9.84 Å². The largest absolute Gasteiger partial charge is 0.467 e. The Bertz CT molecular complexity index is 354. The molecule has 0 amide bonds. The van der Waals surface area contributed by atoms with Gasteiger partial charge in [-0.1, -0.05) is 0 Å². The van der Waals surface area contributed by atoms with Crippen LogP contribution in [0.25, 0.3) is 0 Å². The van der Waals surface area contributed by atoms with Gasteiger partial charge in [0, 0.05) is 18.5 Å². The van der Waals surface area contributed by atoms with Crippen molar-refractivity contribution in [2.24, 2.45) is 0 Å². The number of hydrogen-bond acceptors (Lipinski definition) is 6. The molecular formula is C12H18N2O4. The van der Waals surface area contributed by atoms with Gasteiger partial charge in [-0.25, -0.2) is 4.79 Å². The number of aliphatic hydroxyl groups is 1. The van der Waals surface area contributed by atoms with Crippen LogP contribution < -0.4 is 0 Å². The molecule has 0 saturated carbocycles. The Hall–Kier alpha value is -1.16. The lowest BCUT2D eigenvalue weighted by Crippen LogP contribution is -2.34. The zero-order valence-electron chi connectivity index (χ0n) is 10.4. The van der Waals surface area contributed by atoms with E-state index in [1.54, 1.807) is 0 Å². The highest BCUT2D eigenvalue weighted by atomic mass is 16.7. The van der Waals surface area contributed by atoms with E-state index in [4.69, 9.17) is 10.1 Å². The standard InChI is InChI=1S/C12H18N2O4/c1-17-12(16)11-7-9-3-2-8(14(9)18-11)6-10(15)4-5-13/h8-11,15H,2-4,6-7H2,1H3/t8-,9+,10-,11+/m1/s1. The molecule has 2 fully saturated rings. The molecule has 18 heavy (non-hydrogen) atoms. The second kappa shape index (κ2) is 5.65. The maximum absolute atomic E-state index is 11.4. The van der Waals surface area contributed by atoms with E-state index in [1.165, 1.54) is 7.11 Å². The molecule has 0 radical (unpaired) electrons. The fourth-order valence-electron chi connectivity index (χ4n) is 2.76. The van der Waals surface area contributed by atoms with Gasteiger partial charge in [-0.15, -0.1) is 0 Å². The molecule has 0 aliphatic carbocycles. The summed E-state index contributed by atoms with van der Waals surface area (Å²) < 4.78 is 4.67. The number of rotatable bonds is 4. The van der Waals surface area contributed by atoms with E-state index in [9.17, 15) is 9.90 Å². The highest BCUT2D eigenvalue weighted by molar-refractivity contribution is 5.74. The van der Waals surface area contributed by atoms with E-state index >= 15 is 0 Å². The molecule has 0 unspecified atom stereocenters. The van der Waals surface area contributed by atoms with Crippen LogP contribution in [-0.2, 0) is 14.4 Å². The zero-order chi connectivity index (χ0) is 13.1. The number of carbonyl (C=O) groups excluding carboxylic acids is 1. The van der Waals surface area contributed by atoms with Gasteiger partial charge in [0.25, 0.3) is 0 Å². The van der Waals surface area contributed by atoms with Crippen LogP contribution in [0.2, 0.25) is 0 Å². The molecule has 4 atom stereocenters. The monoisotopic (exact) mass is 254 g/mol. The van der Waals surface area contributed by atoms with Gasteiger partial charge in [-0.3, -0.25) is 4.84 Å². The Kier molecular flexibility index (Phi) is 4.17. The average Bonchev–Trinajstić information content (AvgIpc) is 2.90. The summed E-state index contributed by atoms with van der Waals surface area (Å²) in [6.07, 6.45) is 2.04. The topological polar surface area (TPSA) is 82.8 Å². The van der Waals surface area contributed by atoms with Gasteiger partial charge in [-0.2, -0.15) is 10.3 Å². The average molecular weight is 254 g/mol. The number of methoxy groups -OCH3 is 1. The van der Waals surface area contributed by atoms with Gasteiger partial charge >= 0.3 is 5.97 Å². The van der Waals surface area contributed by atoms with Crippen molar-refractivity contribution in [1.82, 2.24) is 5.06 Å². The number of carbonyl (C=O) groups is 1. The van der Waals surface area contributed by atoms with Crippen LogP contribution in [-0.4, -0.2) is 47.5 Å². The highest BCUT2D eigenvalue weighted by Gasteiger charge is 2.45. The van der Waals surface area contributed by atoms with E-state index in [0.29, 0.717) is 12.8 Å². The number of fused-ring (bicyclic) bond motifs is 1. The summed E-state index contributed by atoms with van der Waals surface area (Å²) in [7, 11) is 1.35. The quantitative estimate of drug-likeness (QED) is 0.729. The first-order valence-electron chi connectivity index (χ1n) is 6.23. The molecule has 0 aromatic heterocycles. The van der Waals surface area contributed by atoms with Crippen LogP contribution in [0.1, 0.15) is 32.1 Å². The van der Waals surface area contributed by atoms with E-state index in [-0.39, 0.29) is 24.5 Å². The smallest absolute Gasteiger partial charge is 0.337 e. The molecule has 0 aromatic rings. The molecule has 1 N–H and O–H groups in total. The molecule has 0 spiro atoms. The van der Waals surface area contributed by atoms with Crippen LogP contribution in [0, 0.1) is 11.3 Å². The van der Waals surface area contributed by atoms with E-state index in [1.807, 2.05) is 11.1 Å². The first-order valence-corrected chi connectivity index (χ1v) is 6.23. The number of hydroxylamine groups is 2. The Morgan fingerprint density at radius 1 is 1.67 bits per heavy atom. The van der Waals surface area contributed by atoms with Crippen LogP contribution in [0.15, 0.2) is 0 Å². The zero-order valence-corrected chi connectivity index (χ0v) is 10.4. The number of nitrogens with zero attached hydrogens (tertiary/aromatic N) is 2. The molecule has 0 bridgehead atoms. The summed E-state index contributed by atoms with van der Waals surface area (Å²) >= 11 is 0. The van der Waals surface area contributed by atoms with Crippen LogP contribution in [0.3, 0.4) is 0 Å². The number of hydrogen-bond donors (Lipinski definition) is 1. The van der Waals surface area contributed by atoms with Crippen molar-refractivity contribution >= 4 is 5.97 Å². The van der Waals surface area contributed by atoms with Gasteiger partial charge in [0.1, 0.15) is 0 Å². The number of aliphatic hydroxyl groups excluding tert-OH is 1. The Morgan fingerprint density at radius 2 is 2.44 bits per heavy atom. The van der Waals surface area contributed by atoms with Crippen molar-refractivity contribution in [3.05, 3.63) is 0 Å². The lowest BCUT2D eigenvalue weighted by Gasteiger charge is -2.24.